The molecule has 1 saturated heterocycles. The van der Waals surface area contributed by atoms with Crippen LogP contribution in [0.25, 0.3) is 11.4 Å². The largest absolute Gasteiger partial charge is 0.483 e. The molecule has 0 spiro atoms. The predicted molar refractivity (Wildman–Crippen MR) is 83.0 cm³/mol. The molecule has 0 saturated carbocycles. The molecule has 0 radical (unpaired) electrons. The zero-order chi connectivity index (χ0) is 15.9. The number of carboxylic acid groups (broad SMARTS) is 1. The number of nitrogens with one attached hydrogen (secondary N) is 1. The first kappa shape index (κ1) is 16.0. The van der Waals surface area contributed by atoms with Gasteiger partial charge in [0.2, 0.25) is 5.95 Å². The summed E-state index contributed by atoms with van der Waals surface area (Å²) in [6, 6.07) is 6.40. The first-order chi connectivity index (χ1) is 10.6. The van der Waals surface area contributed by atoms with Crippen LogP contribution in [-0.4, -0.2) is 53.1 Å². The first-order valence-electron chi connectivity index (χ1n) is 7.05. The molecule has 0 unspecified atom stereocenters. The molecule has 0 amide bonds. The second-order valence-electron chi connectivity index (χ2n) is 5.07. The summed E-state index contributed by atoms with van der Waals surface area (Å²) in [7, 11) is 0. The molecule has 2 N–H and O–H groups in total. The van der Waals surface area contributed by atoms with Gasteiger partial charge in [-0.3, -0.25) is 9.89 Å². The Hall–Kier alpha value is -2.41. The molecule has 22 heavy (non-hydrogen) atoms. The van der Waals surface area contributed by atoms with Crippen LogP contribution < -0.4 is 4.90 Å². The minimum absolute atomic E-state index is 0.250. The first-order valence-corrected chi connectivity index (χ1v) is 7.05. The SMILES string of the molecule is Cc1cc(C)cc(-c2nc(N3CCOCC3)n[nH]2)c1.O=CO. The molecular formula is C15H20N4O3. The van der Waals surface area contributed by atoms with E-state index >= 15 is 0 Å². The molecule has 0 bridgehead atoms. The van der Waals surface area contributed by atoms with Gasteiger partial charge in [0, 0.05) is 18.7 Å². The summed E-state index contributed by atoms with van der Waals surface area (Å²) < 4.78 is 5.34. The van der Waals surface area contributed by atoms with Gasteiger partial charge in [0.15, 0.2) is 5.82 Å². The van der Waals surface area contributed by atoms with Crippen molar-refractivity contribution in [1.29, 1.82) is 0 Å². The highest BCUT2D eigenvalue weighted by atomic mass is 16.5. The molecule has 2 heterocycles. The van der Waals surface area contributed by atoms with Crippen molar-refractivity contribution < 1.29 is 14.6 Å². The predicted octanol–water partition coefficient (Wildman–Crippen LogP) is 1.63. The molecule has 1 aromatic heterocycles. The summed E-state index contributed by atoms with van der Waals surface area (Å²) in [5, 5.41) is 14.2. The fourth-order valence-electron chi connectivity index (χ4n) is 2.40. The van der Waals surface area contributed by atoms with Crippen LogP contribution in [0.1, 0.15) is 11.1 Å². The van der Waals surface area contributed by atoms with E-state index in [4.69, 9.17) is 14.6 Å². The Bertz CT molecular complexity index is 601. The molecule has 3 rings (SSSR count). The number of aromatic amines is 1. The highest BCUT2D eigenvalue weighted by Crippen LogP contribution is 2.21. The van der Waals surface area contributed by atoms with Gasteiger partial charge in [-0.25, -0.2) is 0 Å². The molecule has 1 aromatic carbocycles. The van der Waals surface area contributed by atoms with Crippen molar-refractivity contribution in [2.75, 3.05) is 31.2 Å². The van der Waals surface area contributed by atoms with Gasteiger partial charge < -0.3 is 14.7 Å². The highest BCUT2D eigenvalue weighted by Gasteiger charge is 2.16. The minimum Gasteiger partial charge on any atom is -0.483 e. The number of aryl methyl sites for hydroxylation is 2. The summed E-state index contributed by atoms with van der Waals surface area (Å²) in [6.07, 6.45) is 0. The van der Waals surface area contributed by atoms with E-state index in [9.17, 15) is 0 Å². The fourth-order valence-corrected chi connectivity index (χ4v) is 2.40. The van der Waals surface area contributed by atoms with Gasteiger partial charge in [0.05, 0.1) is 13.2 Å². The Morgan fingerprint density at radius 2 is 1.82 bits per heavy atom. The van der Waals surface area contributed by atoms with Crippen molar-refractivity contribution in [3.8, 4) is 11.4 Å². The number of nitrogens with zero attached hydrogens (tertiary/aromatic N) is 3. The van der Waals surface area contributed by atoms with E-state index in [1.165, 1.54) is 11.1 Å². The number of benzene rings is 1. The molecular weight excluding hydrogens is 284 g/mol. The third-order valence-corrected chi connectivity index (χ3v) is 3.26. The average Bonchev–Trinajstić information content (AvgIpc) is 2.98. The van der Waals surface area contributed by atoms with Crippen LogP contribution in [0, 0.1) is 13.8 Å². The Kier molecular flexibility index (Phi) is 5.48. The number of hydrogen-bond donors (Lipinski definition) is 2. The van der Waals surface area contributed by atoms with E-state index in [2.05, 4.69) is 52.1 Å². The Balaban J connectivity index is 0.000000545. The summed E-state index contributed by atoms with van der Waals surface area (Å²) in [5.41, 5.74) is 3.56. The Morgan fingerprint density at radius 3 is 2.41 bits per heavy atom. The standard InChI is InChI=1S/C14H18N4O.CH2O2/c1-10-7-11(2)9-12(8-10)13-15-14(17-16-13)18-3-5-19-6-4-18;2-1-3/h7-9H,3-6H2,1-2H3,(H,15,16,17);1H,(H,2,3). The van der Waals surface area contributed by atoms with Crippen LogP contribution >= 0.6 is 0 Å². The van der Waals surface area contributed by atoms with Crippen LogP contribution in [0.3, 0.4) is 0 Å². The highest BCUT2D eigenvalue weighted by molar-refractivity contribution is 5.58. The molecule has 1 fully saturated rings. The molecule has 7 heteroatoms. The summed E-state index contributed by atoms with van der Waals surface area (Å²) in [4.78, 5) is 15.1. The van der Waals surface area contributed by atoms with Gasteiger partial charge in [-0.05, 0) is 26.0 Å². The van der Waals surface area contributed by atoms with E-state index in [1.807, 2.05) is 0 Å². The number of ether oxygens (including phenoxy) is 1. The Morgan fingerprint density at radius 1 is 1.23 bits per heavy atom. The van der Waals surface area contributed by atoms with Gasteiger partial charge in [0.1, 0.15) is 0 Å². The fraction of sp³-hybridized carbons (Fsp3) is 0.400. The lowest BCUT2D eigenvalue weighted by atomic mass is 10.1. The van der Waals surface area contributed by atoms with Gasteiger partial charge >= 0.3 is 0 Å². The normalized spacial score (nSPS) is 14.2. The van der Waals surface area contributed by atoms with Gasteiger partial charge in [0.25, 0.3) is 6.47 Å². The van der Waals surface area contributed by atoms with Crippen LogP contribution in [-0.2, 0) is 9.53 Å². The van der Waals surface area contributed by atoms with Crippen molar-refractivity contribution in [2.24, 2.45) is 0 Å². The van der Waals surface area contributed by atoms with Crippen molar-refractivity contribution in [3.05, 3.63) is 29.3 Å². The second-order valence-corrected chi connectivity index (χ2v) is 5.07. The van der Waals surface area contributed by atoms with E-state index in [0.29, 0.717) is 0 Å². The van der Waals surface area contributed by atoms with Crippen LogP contribution in [0.2, 0.25) is 0 Å². The molecule has 1 aliphatic heterocycles. The van der Waals surface area contributed by atoms with Crippen LogP contribution in [0.5, 0.6) is 0 Å². The third kappa shape index (κ3) is 4.05. The van der Waals surface area contributed by atoms with Crippen LogP contribution in [0.15, 0.2) is 18.2 Å². The van der Waals surface area contributed by atoms with E-state index in [-0.39, 0.29) is 6.47 Å². The lowest BCUT2D eigenvalue weighted by molar-refractivity contribution is -0.122. The zero-order valence-corrected chi connectivity index (χ0v) is 12.7. The summed E-state index contributed by atoms with van der Waals surface area (Å²) >= 11 is 0. The number of hydrogen-bond acceptors (Lipinski definition) is 5. The molecule has 2 aromatic rings. The molecule has 118 valence electrons. The maximum atomic E-state index is 8.36. The maximum absolute atomic E-state index is 8.36. The van der Waals surface area contributed by atoms with Crippen molar-refractivity contribution in [3.63, 3.8) is 0 Å². The van der Waals surface area contributed by atoms with Crippen molar-refractivity contribution in [1.82, 2.24) is 15.2 Å². The van der Waals surface area contributed by atoms with E-state index < -0.39 is 0 Å². The molecule has 1 aliphatic rings. The van der Waals surface area contributed by atoms with Gasteiger partial charge in [-0.1, -0.05) is 17.2 Å². The lowest BCUT2D eigenvalue weighted by Gasteiger charge is -2.25. The van der Waals surface area contributed by atoms with Crippen molar-refractivity contribution >= 4 is 12.4 Å². The number of carbonyl (C=O) groups is 1. The zero-order valence-electron chi connectivity index (χ0n) is 12.7. The quantitative estimate of drug-likeness (QED) is 0.819. The van der Waals surface area contributed by atoms with Gasteiger partial charge in [-0.15, -0.1) is 5.10 Å². The summed E-state index contributed by atoms with van der Waals surface area (Å²) in [5.74, 6) is 1.59. The third-order valence-electron chi connectivity index (χ3n) is 3.26. The number of anilines is 1. The Labute approximate surface area is 128 Å². The average molecular weight is 304 g/mol. The number of aromatic nitrogens is 3. The smallest absolute Gasteiger partial charge is 0.290 e. The number of H-pyrrole nitrogens is 1. The molecule has 0 aliphatic carbocycles. The lowest BCUT2D eigenvalue weighted by Crippen LogP contribution is -2.36. The van der Waals surface area contributed by atoms with Crippen LogP contribution in [0.4, 0.5) is 5.95 Å². The molecule has 0 atom stereocenters. The maximum Gasteiger partial charge on any atom is 0.290 e. The number of morpholine rings is 1. The van der Waals surface area contributed by atoms with Crippen molar-refractivity contribution in [2.45, 2.75) is 13.8 Å². The molecule has 7 nitrogen and oxygen atoms in total. The van der Waals surface area contributed by atoms with E-state index in [1.54, 1.807) is 0 Å². The van der Waals surface area contributed by atoms with Gasteiger partial charge in [-0.2, -0.15) is 4.98 Å². The topological polar surface area (TPSA) is 91.3 Å². The minimum atomic E-state index is -0.250. The van der Waals surface area contributed by atoms with E-state index in [0.717, 1.165) is 43.6 Å². The number of rotatable bonds is 2. The monoisotopic (exact) mass is 304 g/mol. The second kappa shape index (κ2) is 7.56. The summed E-state index contributed by atoms with van der Waals surface area (Å²) in [6.45, 7) is 7.13.